The van der Waals surface area contributed by atoms with E-state index in [1.807, 2.05) is 66.4 Å². The lowest BCUT2D eigenvalue weighted by molar-refractivity contribution is -0.149. The van der Waals surface area contributed by atoms with Crippen molar-refractivity contribution in [3.63, 3.8) is 0 Å². The van der Waals surface area contributed by atoms with Gasteiger partial charge in [0.05, 0.1) is 12.5 Å². The summed E-state index contributed by atoms with van der Waals surface area (Å²) in [7, 11) is 0. The fourth-order valence-electron chi connectivity index (χ4n) is 5.11. The van der Waals surface area contributed by atoms with Gasteiger partial charge in [0.25, 0.3) is 5.91 Å². The number of carbonyl (C=O) groups is 2. The van der Waals surface area contributed by atoms with Gasteiger partial charge in [-0.25, -0.2) is 9.97 Å². The highest BCUT2D eigenvalue weighted by atomic mass is 35.5. The van der Waals surface area contributed by atoms with Crippen LogP contribution in [0.25, 0.3) is 0 Å². The third-order valence-corrected chi connectivity index (χ3v) is 8.79. The molecule has 1 aromatic heterocycles. The molecule has 0 aliphatic carbocycles. The summed E-state index contributed by atoms with van der Waals surface area (Å²) in [5.74, 6) is 1.20. The smallest absolute Gasteiger partial charge is 0.309 e. The molecule has 0 bridgehead atoms. The van der Waals surface area contributed by atoms with Crippen LogP contribution in [0.3, 0.4) is 0 Å². The molecule has 0 radical (unpaired) electrons. The molecule has 0 saturated carbocycles. The Morgan fingerprint density at radius 1 is 0.902 bits per heavy atom. The summed E-state index contributed by atoms with van der Waals surface area (Å²) in [6.07, 6.45) is 1.28. The average Bonchev–Trinajstić information content (AvgIpc) is 3.00. The van der Waals surface area contributed by atoms with Gasteiger partial charge in [-0.1, -0.05) is 47.1 Å². The van der Waals surface area contributed by atoms with Gasteiger partial charge < -0.3 is 19.4 Å². The van der Waals surface area contributed by atoms with E-state index in [1.54, 1.807) is 0 Å². The van der Waals surface area contributed by atoms with Gasteiger partial charge in [0.15, 0.2) is 5.16 Å². The van der Waals surface area contributed by atoms with Crippen LogP contribution < -0.4 is 9.80 Å². The number of rotatable bonds is 8. The molecule has 2 aliphatic heterocycles. The van der Waals surface area contributed by atoms with Gasteiger partial charge in [-0.3, -0.25) is 9.59 Å². The molecule has 0 unspecified atom stereocenters. The number of thioether (sulfide) groups is 1. The number of piperidine rings is 1. The van der Waals surface area contributed by atoms with Crippen LogP contribution in [-0.4, -0.2) is 72.6 Å². The second-order valence-corrected chi connectivity index (χ2v) is 11.9. The molecule has 0 spiro atoms. The molecule has 3 aromatic rings. The zero-order chi connectivity index (χ0) is 28.8. The fraction of sp³-hybridized carbons (Fsp3) is 0.400. The minimum atomic E-state index is -0.158. The molecule has 0 atom stereocenters. The van der Waals surface area contributed by atoms with E-state index in [0.717, 1.165) is 48.3 Å². The fourth-order valence-corrected chi connectivity index (χ4v) is 6.27. The van der Waals surface area contributed by atoms with Crippen LogP contribution >= 0.6 is 35.0 Å². The number of hydrogen-bond acceptors (Lipinski definition) is 8. The minimum absolute atomic E-state index is 0.00881. The molecular weight excluding hydrogens is 581 g/mol. The van der Waals surface area contributed by atoms with Gasteiger partial charge >= 0.3 is 5.97 Å². The number of amides is 1. The number of likely N-dealkylation sites (tertiary alicyclic amines) is 1. The summed E-state index contributed by atoms with van der Waals surface area (Å²) in [5, 5.41) is 1.78. The Hall–Kier alpha value is -3.01. The molecule has 216 valence electrons. The van der Waals surface area contributed by atoms with E-state index in [0.29, 0.717) is 54.2 Å². The Labute approximate surface area is 255 Å². The first-order chi connectivity index (χ1) is 19.9. The Bertz CT molecular complexity index is 1340. The summed E-state index contributed by atoms with van der Waals surface area (Å²) in [5.41, 5.74) is 2.87. The maximum Gasteiger partial charge on any atom is 0.309 e. The normalized spacial score (nSPS) is 16.1. The summed E-state index contributed by atoms with van der Waals surface area (Å²) in [4.78, 5) is 40.6. The molecule has 2 fully saturated rings. The van der Waals surface area contributed by atoms with Crippen molar-refractivity contribution in [2.24, 2.45) is 5.92 Å². The van der Waals surface area contributed by atoms with E-state index in [-0.39, 0.29) is 17.8 Å². The second kappa shape index (κ2) is 13.8. The van der Waals surface area contributed by atoms with Gasteiger partial charge in [-0.15, -0.1) is 0 Å². The number of aromatic nitrogens is 2. The van der Waals surface area contributed by atoms with E-state index < -0.39 is 0 Å². The second-order valence-electron chi connectivity index (χ2n) is 10.1. The highest BCUT2D eigenvalue weighted by Gasteiger charge is 2.28. The average molecular weight is 615 g/mol. The van der Waals surface area contributed by atoms with Gasteiger partial charge in [0.1, 0.15) is 11.0 Å². The van der Waals surface area contributed by atoms with Gasteiger partial charge in [0, 0.05) is 67.4 Å². The van der Waals surface area contributed by atoms with Crippen LogP contribution in [0.5, 0.6) is 0 Å². The first-order valence-electron chi connectivity index (χ1n) is 13.9. The molecule has 8 nitrogen and oxygen atoms in total. The number of ether oxygens (including phenoxy) is 1. The Morgan fingerprint density at radius 3 is 2.22 bits per heavy atom. The number of esters is 1. The lowest BCUT2D eigenvalue weighted by atomic mass is 9.96. The number of carbonyl (C=O) groups excluding carboxylic acids is 2. The number of anilines is 2. The van der Waals surface area contributed by atoms with Crippen molar-refractivity contribution >= 4 is 58.3 Å². The van der Waals surface area contributed by atoms with Crippen LogP contribution in [0.4, 0.5) is 11.5 Å². The Morgan fingerprint density at radius 2 is 1.56 bits per heavy atom. The Balaban J connectivity index is 1.13. The number of piperazine rings is 1. The summed E-state index contributed by atoms with van der Waals surface area (Å²) in [6.45, 7) is 6.72. The van der Waals surface area contributed by atoms with Crippen LogP contribution in [0, 0.1) is 5.92 Å². The van der Waals surface area contributed by atoms with E-state index in [9.17, 15) is 9.59 Å². The molecule has 3 heterocycles. The van der Waals surface area contributed by atoms with Crippen LogP contribution in [-0.2, 0) is 15.3 Å². The van der Waals surface area contributed by atoms with Crippen molar-refractivity contribution < 1.29 is 14.3 Å². The van der Waals surface area contributed by atoms with Crippen molar-refractivity contribution in [1.29, 1.82) is 0 Å². The number of nitrogens with zero attached hydrogens (tertiary/aromatic N) is 5. The molecule has 5 rings (SSSR count). The molecule has 2 aliphatic rings. The summed E-state index contributed by atoms with van der Waals surface area (Å²) >= 11 is 13.9. The van der Waals surface area contributed by atoms with Gasteiger partial charge in [-0.2, -0.15) is 0 Å². The highest BCUT2D eigenvalue weighted by molar-refractivity contribution is 7.98. The summed E-state index contributed by atoms with van der Waals surface area (Å²) < 4.78 is 5.13. The number of benzene rings is 2. The number of hydrogen-bond donors (Lipinski definition) is 0. The maximum atomic E-state index is 13.0. The topological polar surface area (TPSA) is 78.9 Å². The predicted octanol–water partition coefficient (Wildman–Crippen LogP) is 5.82. The van der Waals surface area contributed by atoms with E-state index >= 15 is 0 Å². The lowest BCUT2D eigenvalue weighted by Gasteiger charge is -2.36. The minimum Gasteiger partial charge on any atom is -0.466 e. The molecule has 11 heteroatoms. The van der Waals surface area contributed by atoms with E-state index in [1.165, 1.54) is 11.8 Å². The third-order valence-electron chi connectivity index (χ3n) is 7.43. The van der Waals surface area contributed by atoms with Crippen molar-refractivity contribution in [2.45, 2.75) is 30.7 Å². The quantitative estimate of drug-likeness (QED) is 0.136. The molecule has 0 N–H and O–H groups in total. The number of halogens is 2. The van der Waals surface area contributed by atoms with Gasteiger partial charge in [0.2, 0.25) is 0 Å². The van der Waals surface area contributed by atoms with Crippen LogP contribution in [0.1, 0.15) is 35.7 Å². The van der Waals surface area contributed by atoms with E-state index in [2.05, 4.69) is 14.8 Å². The predicted molar refractivity (Wildman–Crippen MR) is 164 cm³/mol. The standard InChI is InChI=1S/C30H33Cl2N5O3S/c1-2-40-29(39)23-11-13-37(14-12-23)28(38)22-5-3-21(4-6-22)20-41-30-33-26(32)19-27(34-30)36-17-15-35(16-18-36)25-9-7-24(31)8-10-25/h3-10,19,23H,2,11-18,20H2,1H3. The first kappa shape index (κ1) is 29.5. The SMILES string of the molecule is CCOC(=O)C1CCN(C(=O)c2ccc(CSc3nc(Cl)cc(N4CCN(c5ccc(Cl)cc5)CC4)n3)cc2)CC1. The summed E-state index contributed by atoms with van der Waals surface area (Å²) in [6, 6.07) is 17.4. The zero-order valence-electron chi connectivity index (χ0n) is 23.0. The molecule has 1 amide bonds. The Kier molecular flexibility index (Phi) is 9.90. The molecule has 41 heavy (non-hydrogen) atoms. The van der Waals surface area contributed by atoms with Crippen molar-refractivity contribution in [3.05, 3.63) is 75.9 Å². The molecule has 2 saturated heterocycles. The van der Waals surface area contributed by atoms with Crippen molar-refractivity contribution in [1.82, 2.24) is 14.9 Å². The van der Waals surface area contributed by atoms with Crippen LogP contribution in [0.2, 0.25) is 10.2 Å². The molecule has 2 aromatic carbocycles. The maximum absolute atomic E-state index is 13.0. The van der Waals surface area contributed by atoms with Crippen LogP contribution in [0.15, 0.2) is 59.8 Å². The first-order valence-corrected chi connectivity index (χ1v) is 15.6. The largest absolute Gasteiger partial charge is 0.466 e. The van der Waals surface area contributed by atoms with E-state index in [4.69, 9.17) is 32.9 Å². The lowest BCUT2D eigenvalue weighted by Crippen LogP contribution is -2.46. The van der Waals surface area contributed by atoms with Crippen molar-refractivity contribution in [3.8, 4) is 0 Å². The van der Waals surface area contributed by atoms with Crippen molar-refractivity contribution in [2.75, 3.05) is 55.7 Å². The zero-order valence-corrected chi connectivity index (χ0v) is 25.3. The monoisotopic (exact) mass is 613 g/mol. The third kappa shape index (κ3) is 7.64. The highest BCUT2D eigenvalue weighted by Crippen LogP contribution is 2.27. The molecular formula is C30H33Cl2N5O3S. The van der Waals surface area contributed by atoms with Gasteiger partial charge in [-0.05, 0) is 61.7 Å².